The topological polar surface area (TPSA) is 144 Å². The number of halogens is 9. The molecule has 2 unspecified atom stereocenters. The zero-order valence-corrected chi connectivity index (χ0v) is 33.7. The molecule has 0 aromatic carbocycles. The Morgan fingerprint density at radius 1 is 0.714 bits per heavy atom. The van der Waals surface area contributed by atoms with Crippen molar-refractivity contribution in [2.45, 2.75) is 110 Å². The number of unbranched alkanes of at least 4 members (excludes halogenated alkanes) is 2. The van der Waals surface area contributed by atoms with Gasteiger partial charge in [0.25, 0.3) is 0 Å². The van der Waals surface area contributed by atoms with Crippen LogP contribution in [0.2, 0.25) is 0 Å². The van der Waals surface area contributed by atoms with Crippen LogP contribution in [-0.2, 0) is 25.0 Å². The first-order chi connectivity index (χ1) is 20.6. The smallest absolute Gasteiger partial charge is 1.00 e. The molecule has 0 N–H and O–H groups in total. The van der Waals surface area contributed by atoms with Crippen LogP contribution in [0.1, 0.15) is 74.7 Å². The maximum absolute atomic E-state index is 11.4. The number of ketones is 1. The van der Waals surface area contributed by atoms with E-state index >= 15 is 0 Å². The fraction of sp³-hybridized carbons (Fsp3) is 0.808. The maximum Gasteiger partial charge on any atom is 1.00 e. The van der Waals surface area contributed by atoms with E-state index < -0.39 is 43.6 Å². The fourth-order valence-electron chi connectivity index (χ4n) is 2.77. The average Bonchev–Trinajstić information content (AvgIpc) is 3.40. The van der Waals surface area contributed by atoms with Crippen molar-refractivity contribution in [3.05, 3.63) is 24.8 Å². The Bertz CT molecular complexity index is 1070. The summed E-state index contributed by atoms with van der Waals surface area (Å²) in [5.41, 5.74) is 0. The van der Waals surface area contributed by atoms with Crippen LogP contribution in [0.3, 0.4) is 0 Å². The molecule has 0 aliphatic carbocycles. The predicted molar refractivity (Wildman–Crippen MR) is 160 cm³/mol. The van der Waals surface area contributed by atoms with E-state index in [2.05, 4.69) is 86.2 Å². The Morgan fingerprint density at radius 3 is 1.04 bits per heavy atom. The largest absolute Gasteiger partial charge is 1.00 e. The van der Waals surface area contributed by atoms with Crippen molar-refractivity contribution in [3.8, 4) is 0 Å². The summed E-state index contributed by atoms with van der Waals surface area (Å²) in [6.45, 7) is 14.4. The summed E-state index contributed by atoms with van der Waals surface area (Å²) in [7, 11) is -8.23. The van der Waals surface area contributed by atoms with Crippen LogP contribution in [0.4, 0.5) is 35.1 Å². The summed E-state index contributed by atoms with van der Waals surface area (Å²) in [5, 5.41) is -11.0. The molecule has 0 saturated carbocycles. The standard InChI is InChI=1S/2C9H18N2.C3H6O.2C2H2F4O3S.CH4.ClH.K/c2*1-4-5-6-11-8-7-10(3)9(11)2;1-3(2)4;2*3-1(4)2(5,6)10(7,8)9;;;/h2*7-9H,4-6H2,1-3H3;1-2H3;2*1H,(H,7,8,9);1H4;1H;/q;;;;;;;+1/p-3. The molecule has 0 amide bonds. The second kappa shape index (κ2) is 28.1. The number of hydrogen-bond acceptors (Lipinski definition) is 11. The second-order valence-electron chi connectivity index (χ2n) is 9.92. The van der Waals surface area contributed by atoms with Gasteiger partial charge in [0, 0.05) is 52.0 Å². The van der Waals surface area contributed by atoms with E-state index in [0.717, 1.165) is 0 Å². The molecular formula is C26H48ClF8KN4O7S2-2. The molecule has 0 radical (unpaired) electrons. The van der Waals surface area contributed by atoms with Crippen LogP contribution >= 0.6 is 0 Å². The molecule has 2 heterocycles. The Hall–Kier alpha value is -0.464. The van der Waals surface area contributed by atoms with Gasteiger partial charge in [-0.15, -0.1) is 0 Å². The van der Waals surface area contributed by atoms with Crippen LogP contribution in [-0.4, -0.2) is 114 Å². The molecule has 2 atom stereocenters. The molecule has 0 fully saturated rings. The van der Waals surface area contributed by atoms with Gasteiger partial charge in [-0.2, -0.15) is 17.6 Å². The molecule has 49 heavy (non-hydrogen) atoms. The minimum atomic E-state index is -6.23. The number of alkyl halides is 8. The average molecular weight is 819 g/mol. The summed E-state index contributed by atoms with van der Waals surface area (Å²) in [4.78, 5) is 18.7. The monoisotopic (exact) mass is 818 g/mol. The summed E-state index contributed by atoms with van der Waals surface area (Å²) in [5.74, 6) is 0.167. The minimum Gasteiger partial charge on any atom is -1.00 e. The molecule has 2 rings (SSSR count). The van der Waals surface area contributed by atoms with E-state index in [9.17, 15) is 65.9 Å². The third-order valence-corrected chi connectivity index (χ3v) is 7.53. The normalized spacial score (nSPS) is 16.8. The summed E-state index contributed by atoms with van der Waals surface area (Å²) < 4.78 is 145. The van der Waals surface area contributed by atoms with Gasteiger partial charge in [-0.05, 0) is 40.5 Å². The van der Waals surface area contributed by atoms with Crippen molar-refractivity contribution in [2.24, 2.45) is 0 Å². The van der Waals surface area contributed by atoms with Crippen molar-refractivity contribution in [3.63, 3.8) is 0 Å². The van der Waals surface area contributed by atoms with E-state index in [4.69, 9.17) is 0 Å². The Labute approximate surface area is 334 Å². The van der Waals surface area contributed by atoms with Crippen molar-refractivity contribution in [1.82, 2.24) is 19.6 Å². The van der Waals surface area contributed by atoms with Gasteiger partial charge in [0.2, 0.25) is 0 Å². The van der Waals surface area contributed by atoms with E-state index in [-0.39, 0.29) is 77.0 Å². The van der Waals surface area contributed by atoms with Gasteiger partial charge in [0.05, 0.1) is 12.3 Å². The van der Waals surface area contributed by atoms with Gasteiger partial charge in [-0.3, -0.25) is 0 Å². The Balaban J connectivity index is -0.000000119. The first kappa shape index (κ1) is 60.6. The van der Waals surface area contributed by atoms with Crippen LogP contribution in [0.25, 0.3) is 0 Å². The second-order valence-corrected chi connectivity index (χ2v) is 12.8. The van der Waals surface area contributed by atoms with E-state index in [1.165, 1.54) is 52.6 Å². The molecular weight excluding hydrogens is 771 g/mol. The van der Waals surface area contributed by atoms with Gasteiger partial charge >= 0.3 is 74.7 Å². The van der Waals surface area contributed by atoms with Crippen LogP contribution in [0.15, 0.2) is 24.8 Å². The molecule has 0 bridgehead atoms. The van der Waals surface area contributed by atoms with Crippen LogP contribution < -0.4 is 63.8 Å². The number of carbonyl (C=O) groups excluding carboxylic acids is 1. The first-order valence-corrected chi connectivity index (χ1v) is 16.5. The van der Waals surface area contributed by atoms with E-state index in [0.29, 0.717) is 12.3 Å². The van der Waals surface area contributed by atoms with Gasteiger partial charge in [0.1, 0.15) is 5.78 Å². The molecule has 0 saturated heterocycles. The zero-order valence-electron chi connectivity index (χ0n) is 28.2. The first-order valence-electron chi connectivity index (χ1n) is 13.6. The van der Waals surface area contributed by atoms with Crippen molar-refractivity contribution in [1.29, 1.82) is 0 Å². The van der Waals surface area contributed by atoms with Crippen LogP contribution in [0.5, 0.6) is 0 Å². The van der Waals surface area contributed by atoms with Gasteiger partial charge in [0.15, 0.2) is 20.2 Å². The minimum absolute atomic E-state index is 0. The van der Waals surface area contributed by atoms with Gasteiger partial charge in [-0.1, -0.05) is 34.1 Å². The molecule has 23 heteroatoms. The molecule has 11 nitrogen and oxygen atoms in total. The maximum atomic E-state index is 11.4. The molecule has 0 aromatic heterocycles. The molecule has 292 valence electrons. The summed E-state index contributed by atoms with van der Waals surface area (Å²) in [6.07, 6.45) is 5.95. The summed E-state index contributed by atoms with van der Waals surface area (Å²) in [6, 6.07) is 0. The fourth-order valence-corrected chi connectivity index (χ4v) is 3.21. The van der Waals surface area contributed by atoms with E-state index in [1.54, 1.807) is 0 Å². The molecule has 2 aliphatic rings. The zero-order chi connectivity index (χ0) is 37.3. The Morgan fingerprint density at radius 2 is 0.939 bits per heavy atom. The molecule has 0 spiro atoms. The van der Waals surface area contributed by atoms with Crippen molar-refractivity contribution in [2.75, 3.05) is 27.2 Å². The third kappa shape index (κ3) is 24.4. The number of carbonyl (C=O) groups is 1. The number of Topliss-reactive ketones (excluding diaryl/α,β-unsaturated/α-hetero) is 1. The Kier molecular flexibility index (Phi) is 34.8. The van der Waals surface area contributed by atoms with Crippen molar-refractivity contribution >= 4 is 26.0 Å². The summed E-state index contributed by atoms with van der Waals surface area (Å²) >= 11 is 0. The number of hydrogen-bond donors (Lipinski definition) is 0. The van der Waals surface area contributed by atoms with Gasteiger partial charge < -0.3 is 45.9 Å². The SMILES string of the molecule is C.CC(C)=O.CCCCN1C=CN(C)C1C.CCCCN1C=CN(C)C1C.O=S(=O)([O-])C(F)(F)C(F)F.O=S(=O)([O-])C(F)(F)C(F)F.[Cl-].[K+]. The van der Waals surface area contributed by atoms with Crippen molar-refractivity contribution < 1.29 is 130 Å². The molecule has 2 aliphatic heterocycles. The van der Waals surface area contributed by atoms with E-state index in [1.807, 2.05) is 0 Å². The number of rotatable bonds is 10. The van der Waals surface area contributed by atoms with Gasteiger partial charge in [-0.25, -0.2) is 34.4 Å². The van der Waals surface area contributed by atoms with Crippen LogP contribution in [0, 0.1) is 0 Å². The number of nitrogens with zero attached hydrogens (tertiary/aromatic N) is 4. The quantitative estimate of drug-likeness (QED) is 0.163. The third-order valence-electron chi connectivity index (χ3n) is 5.84. The molecule has 0 aromatic rings. The predicted octanol–water partition coefficient (Wildman–Crippen LogP) is -0.279.